The fraction of sp³-hybridized carbons (Fsp3) is 0.742. The summed E-state index contributed by atoms with van der Waals surface area (Å²) in [6.07, 6.45) is 4.53. The summed E-state index contributed by atoms with van der Waals surface area (Å²) in [5.41, 5.74) is 7.13. The molecule has 5 heterocycles. The lowest BCUT2D eigenvalue weighted by Gasteiger charge is -2.19. The molecule has 5 rings (SSSR count). The molecule has 0 saturated carbocycles. The van der Waals surface area contributed by atoms with Gasteiger partial charge in [-0.3, -0.25) is 14.1 Å². The van der Waals surface area contributed by atoms with Gasteiger partial charge in [0.25, 0.3) is 0 Å². The number of fused-ring (bicyclic) bond motifs is 2. The second-order valence-corrected chi connectivity index (χ2v) is 15.9. The first kappa shape index (κ1) is 40.1. The van der Waals surface area contributed by atoms with Gasteiger partial charge in [-0.15, -0.1) is 0 Å². The van der Waals surface area contributed by atoms with Crippen molar-refractivity contribution in [2.75, 3.05) is 24.6 Å². The summed E-state index contributed by atoms with van der Waals surface area (Å²) in [7, 11) is -4.89. The number of nitrogens with two attached hydrogens (primary N) is 1. The van der Waals surface area contributed by atoms with Crippen molar-refractivity contribution in [2.24, 2.45) is 0 Å². The van der Waals surface area contributed by atoms with Gasteiger partial charge in [0.1, 0.15) is 24.5 Å². The van der Waals surface area contributed by atoms with Crippen LogP contribution in [0.4, 0.5) is 10.6 Å². The number of nitrogens with one attached hydrogen (secondary N) is 4. The Morgan fingerprint density at radius 2 is 1.90 bits per heavy atom. The number of anilines is 1. The summed E-state index contributed by atoms with van der Waals surface area (Å²) in [6.45, 7) is 0.148. The predicted molar refractivity (Wildman–Crippen MR) is 189 cm³/mol. The SMILES string of the molecule is Nc1ncnc2c1c(CCCCC(NC(=O)CCCCCNC(=O)CCCC[C@@H]1SC[C@@H]3NC(=O)N[C@@H]31)OP(=O)(O)O)nn2[C@@H]1C[C@H](O)[C@@H](CO)O1. The number of unbranched alkanes of at least 4 members (excludes halogenated alkanes) is 4. The Bertz CT molecular complexity index is 1580. The second kappa shape index (κ2) is 18.8. The van der Waals surface area contributed by atoms with Crippen LogP contribution in [0.15, 0.2) is 6.33 Å². The molecule has 3 saturated heterocycles. The summed E-state index contributed by atoms with van der Waals surface area (Å²) in [5, 5.41) is 36.6. The number of hydrogen-bond acceptors (Lipinski definition) is 13. The maximum absolute atomic E-state index is 12.6. The van der Waals surface area contributed by atoms with Gasteiger partial charge in [0, 0.05) is 36.8 Å². The van der Waals surface area contributed by atoms with Gasteiger partial charge in [-0.2, -0.15) is 16.9 Å². The highest BCUT2D eigenvalue weighted by atomic mass is 32.2. The number of carbonyl (C=O) groups is 3. The minimum Gasteiger partial charge on any atom is -0.394 e. The Kier molecular flexibility index (Phi) is 14.5. The van der Waals surface area contributed by atoms with E-state index in [0.29, 0.717) is 73.5 Å². The van der Waals surface area contributed by atoms with Crippen LogP contribution in [-0.4, -0.2) is 112 Å². The van der Waals surface area contributed by atoms with Crippen LogP contribution < -0.4 is 27.0 Å². The molecule has 4 amide bonds. The average molecular weight is 772 g/mol. The van der Waals surface area contributed by atoms with E-state index < -0.39 is 38.4 Å². The molecule has 0 aliphatic carbocycles. The largest absolute Gasteiger partial charge is 0.471 e. The Hall–Kier alpha value is -3.10. The molecule has 52 heavy (non-hydrogen) atoms. The number of nitrogens with zero attached hydrogens (tertiary/aromatic N) is 4. The normalized spacial score (nSPS) is 24.8. The average Bonchev–Trinajstić information content (AvgIpc) is 3.85. The van der Waals surface area contributed by atoms with E-state index in [0.717, 1.165) is 25.0 Å². The lowest BCUT2D eigenvalue weighted by atomic mass is 10.0. The number of urea groups is 1. The second-order valence-electron chi connectivity index (χ2n) is 13.4. The zero-order chi connectivity index (χ0) is 37.3. The first-order valence-corrected chi connectivity index (χ1v) is 20.4. The predicted octanol–water partition coefficient (Wildman–Crippen LogP) is 0.716. The van der Waals surface area contributed by atoms with Gasteiger partial charge in [-0.05, 0) is 51.4 Å². The van der Waals surface area contributed by atoms with Crippen molar-refractivity contribution >= 4 is 54.3 Å². The molecular weight excluding hydrogens is 721 g/mol. The van der Waals surface area contributed by atoms with Gasteiger partial charge >= 0.3 is 13.9 Å². The summed E-state index contributed by atoms with van der Waals surface area (Å²) < 4.78 is 23.7. The fourth-order valence-electron chi connectivity index (χ4n) is 6.84. The highest BCUT2D eigenvalue weighted by molar-refractivity contribution is 8.00. The van der Waals surface area contributed by atoms with E-state index in [-0.39, 0.29) is 55.7 Å². The summed E-state index contributed by atoms with van der Waals surface area (Å²) in [5.74, 6) is 0.707. The van der Waals surface area contributed by atoms with Gasteiger partial charge in [0.15, 0.2) is 11.9 Å². The van der Waals surface area contributed by atoms with Crippen molar-refractivity contribution in [3.8, 4) is 0 Å². The third-order valence-corrected chi connectivity index (χ3v) is 11.5. The van der Waals surface area contributed by atoms with Crippen LogP contribution in [0.1, 0.15) is 89.0 Å². The molecule has 19 nitrogen and oxygen atoms in total. The number of aliphatic hydroxyl groups is 2. The number of phosphoric acid groups is 1. The number of nitrogen functional groups attached to an aromatic ring is 1. The Morgan fingerprint density at radius 1 is 1.12 bits per heavy atom. The van der Waals surface area contributed by atoms with E-state index in [1.54, 1.807) is 0 Å². The summed E-state index contributed by atoms with van der Waals surface area (Å²) in [4.78, 5) is 63.6. The first-order valence-electron chi connectivity index (χ1n) is 17.8. The van der Waals surface area contributed by atoms with Gasteiger partial charge in [0.05, 0.1) is 35.9 Å². The number of aromatic nitrogens is 4. The lowest BCUT2D eigenvalue weighted by molar-refractivity contribution is -0.124. The van der Waals surface area contributed by atoms with E-state index in [4.69, 9.17) is 15.0 Å². The molecule has 0 bridgehead atoms. The number of aryl methyl sites for hydroxylation is 1. The molecule has 0 spiro atoms. The van der Waals surface area contributed by atoms with Crippen LogP contribution in [0.25, 0.3) is 11.0 Å². The van der Waals surface area contributed by atoms with Crippen LogP contribution >= 0.6 is 19.6 Å². The third-order valence-electron chi connectivity index (χ3n) is 9.45. The Morgan fingerprint density at radius 3 is 2.67 bits per heavy atom. The van der Waals surface area contributed by atoms with Crippen molar-refractivity contribution in [3.63, 3.8) is 0 Å². The first-order chi connectivity index (χ1) is 24.9. The van der Waals surface area contributed by atoms with Crippen LogP contribution in [0.5, 0.6) is 0 Å². The number of amides is 4. The number of rotatable bonds is 21. The van der Waals surface area contributed by atoms with E-state index in [2.05, 4.69) is 36.3 Å². The monoisotopic (exact) mass is 771 g/mol. The van der Waals surface area contributed by atoms with Crippen molar-refractivity contribution in [1.29, 1.82) is 0 Å². The molecule has 290 valence electrons. The molecule has 1 unspecified atom stereocenters. The minimum atomic E-state index is -4.89. The molecule has 7 atom stereocenters. The van der Waals surface area contributed by atoms with Gasteiger partial charge in [-0.25, -0.2) is 24.0 Å². The Labute approximate surface area is 305 Å². The van der Waals surface area contributed by atoms with Gasteiger partial charge < -0.3 is 51.7 Å². The molecule has 3 aliphatic rings. The maximum atomic E-state index is 12.6. The number of carbonyl (C=O) groups excluding carboxylic acids is 3. The Balaban J connectivity index is 0.972. The number of thioether (sulfide) groups is 1. The van der Waals surface area contributed by atoms with Crippen molar-refractivity contribution in [1.82, 2.24) is 41.0 Å². The van der Waals surface area contributed by atoms with Crippen LogP contribution in [0, 0.1) is 0 Å². The van der Waals surface area contributed by atoms with E-state index >= 15 is 0 Å². The van der Waals surface area contributed by atoms with Crippen LogP contribution in [0.2, 0.25) is 0 Å². The maximum Gasteiger partial charge on any atom is 0.471 e. The highest BCUT2D eigenvalue weighted by Crippen LogP contribution is 2.38. The van der Waals surface area contributed by atoms with Crippen LogP contribution in [0.3, 0.4) is 0 Å². The van der Waals surface area contributed by atoms with Crippen molar-refractivity contribution < 1.29 is 48.2 Å². The van der Waals surface area contributed by atoms with Crippen molar-refractivity contribution in [3.05, 3.63) is 12.0 Å². The number of phosphoric ester groups is 1. The van der Waals surface area contributed by atoms with E-state index in [1.807, 2.05) is 11.8 Å². The molecule has 10 N–H and O–H groups in total. The lowest BCUT2D eigenvalue weighted by Crippen LogP contribution is -2.36. The molecule has 0 radical (unpaired) electrons. The van der Waals surface area contributed by atoms with E-state index in [9.17, 15) is 38.9 Å². The molecule has 2 aromatic heterocycles. The minimum absolute atomic E-state index is 0.0137. The number of ether oxygens (including phenoxy) is 1. The smallest absolute Gasteiger partial charge is 0.394 e. The molecular formula is C31H50N9O10PS. The van der Waals surface area contributed by atoms with Gasteiger partial charge in [0.2, 0.25) is 11.8 Å². The zero-order valence-corrected chi connectivity index (χ0v) is 30.6. The summed E-state index contributed by atoms with van der Waals surface area (Å²) in [6, 6.07) is 0.268. The third kappa shape index (κ3) is 11.2. The zero-order valence-electron chi connectivity index (χ0n) is 28.9. The highest BCUT2D eigenvalue weighted by Gasteiger charge is 2.42. The quantitative estimate of drug-likeness (QED) is 0.0366. The molecule has 21 heteroatoms. The van der Waals surface area contributed by atoms with Gasteiger partial charge in [-0.1, -0.05) is 12.8 Å². The topological polar surface area (TPSA) is 285 Å². The standard InChI is InChI=1S/C31H50N9O10PS/c32-29-27-18(39-40(30(27)35-17-34-29)26-14-20(42)21(15-41)49-26)8-3-6-12-25(50-51(46,47)48)37-24(44)11-2-1-7-13-33-23(43)10-5-4-9-22-28-19(16-52-22)36-31(45)38-28/h17,19-22,25-26,28,41-42H,1-16H2,(H,33,43)(H,37,44)(H2,32,34,35)(H2,36,38,45)(H2,46,47,48)/t19-,20-,21+,22-,25?,26-,28-/m0/s1. The fourth-order valence-corrected chi connectivity index (χ4v) is 8.87. The molecule has 3 fully saturated rings. The van der Waals surface area contributed by atoms with E-state index in [1.165, 1.54) is 11.0 Å². The number of hydrogen-bond donors (Lipinski definition) is 9. The van der Waals surface area contributed by atoms with Crippen LogP contribution in [-0.2, 0) is 29.8 Å². The van der Waals surface area contributed by atoms with Crippen molar-refractivity contribution in [2.45, 2.75) is 125 Å². The number of aliphatic hydroxyl groups excluding tert-OH is 2. The molecule has 0 aromatic carbocycles. The molecule has 3 aliphatic heterocycles. The molecule has 2 aromatic rings. The summed E-state index contributed by atoms with van der Waals surface area (Å²) >= 11 is 1.86.